The smallest absolute Gasteiger partial charge is 0.122 e. The van der Waals surface area contributed by atoms with E-state index in [0.29, 0.717) is 12.4 Å². The van der Waals surface area contributed by atoms with Gasteiger partial charge in [0.25, 0.3) is 0 Å². The monoisotopic (exact) mass is 242 g/mol. The van der Waals surface area contributed by atoms with Gasteiger partial charge in [0.1, 0.15) is 11.5 Å². The van der Waals surface area contributed by atoms with Gasteiger partial charge in [-0.2, -0.15) is 0 Å². The summed E-state index contributed by atoms with van der Waals surface area (Å²) in [6, 6.07) is 13.4. The Morgan fingerprint density at radius 1 is 1.00 bits per heavy atom. The van der Waals surface area contributed by atoms with Crippen LogP contribution in [0.5, 0.6) is 11.5 Å². The molecule has 2 nitrogen and oxygen atoms in total. The molecule has 0 saturated heterocycles. The molecule has 18 heavy (non-hydrogen) atoms. The summed E-state index contributed by atoms with van der Waals surface area (Å²) in [4.78, 5) is 0. The third kappa shape index (κ3) is 3.27. The van der Waals surface area contributed by atoms with Crippen LogP contribution in [0.1, 0.15) is 16.7 Å². The van der Waals surface area contributed by atoms with Crippen molar-refractivity contribution in [3.63, 3.8) is 0 Å². The number of benzene rings is 2. The van der Waals surface area contributed by atoms with Crippen LogP contribution in [0.4, 0.5) is 0 Å². The van der Waals surface area contributed by atoms with E-state index in [-0.39, 0.29) is 0 Å². The van der Waals surface area contributed by atoms with E-state index in [0.717, 1.165) is 17.7 Å². The van der Waals surface area contributed by atoms with E-state index in [2.05, 4.69) is 26.0 Å². The summed E-state index contributed by atoms with van der Waals surface area (Å²) in [5.41, 5.74) is 3.58. The molecular weight excluding hydrogens is 224 g/mol. The molecular formula is C16H18O2. The number of hydrogen-bond acceptors (Lipinski definition) is 2. The second kappa shape index (κ2) is 5.58. The van der Waals surface area contributed by atoms with Crippen LogP contribution >= 0.6 is 0 Å². The number of ether oxygens (including phenoxy) is 1. The fourth-order valence-electron chi connectivity index (χ4n) is 1.90. The zero-order valence-electron chi connectivity index (χ0n) is 10.8. The molecule has 2 heteroatoms. The Kier molecular flexibility index (Phi) is 3.88. The van der Waals surface area contributed by atoms with Gasteiger partial charge in [0.15, 0.2) is 0 Å². The first-order chi connectivity index (χ1) is 8.65. The highest BCUT2D eigenvalue weighted by molar-refractivity contribution is 5.35. The summed E-state index contributed by atoms with van der Waals surface area (Å²) in [5, 5.41) is 9.19. The van der Waals surface area contributed by atoms with Crippen molar-refractivity contribution in [1.29, 1.82) is 0 Å². The van der Waals surface area contributed by atoms with Crippen LogP contribution in [0.25, 0.3) is 0 Å². The maximum Gasteiger partial charge on any atom is 0.122 e. The summed E-state index contributed by atoms with van der Waals surface area (Å²) < 4.78 is 5.76. The molecule has 0 spiro atoms. The molecule has 0 aliphatic rings. The van der Waals surface area contributed by atoms with E-state index in [1.54, 1.807) is 12.1 Å². The highest BCUT2D eigenvalue weighted by atomic mass is 16.5. The second-order valence-corrected chi connectivity index (χ2v) is 4.53. The Hall–Kier alpha value is -1.96. The Balaban J connectivity index is 1.90. The third-order valence-corrected chi connectivity index (χ3v) is 2.92. The fraction of sp³-hybridized carbons (Fsp3) is 0.250. The number of phenolic OH excluding ortho intramolecular Hbond substituents is 1. The average Bonchev–Trinajstić information content (AvgIpc) is 2.34. The van der Waals surface area contributed by atoms with Gasteiger partial charge < -0.3 is 9.84 Å². The highest BCUT2D eigenvalue weighted by Gasteiger charge is 2.00. The van der Waals surface area contributed by atoms with Gasteiger partial charge in [-0.3, -0.25) is 0 Å². The van der Waals surface area contributed by atoms with E-state index < -0.39 is 0 Å². The first-order valence-corrected chi connectivity index (χ1v) is 6.13. The van der Waals surface area contributed by atoms with Crippen LogP contribution in [0, 0.1) is 13.8 Å². The summed E-state index contributed by atoms with van der Waals surface area (Å²) in [5.74, 6) is 1.24. The molecule has 2 aromatic rings. The molecule has 0 aromatic heterocycles. The van der Waals surface area contributed by atoms with Crippen molar-refractivity contribution < 1.29 is 9.84 Å². The van der Waals surface area contributed by atoms with Crippen LogP contribution in [0.3, 0.4) is 0 Å². The molecule has 2 aromatic carbocycles. The van der Waals surface area contributed by atoms with Crippen LogP contribution in [-0.2, 0) is 6.42 Å². The van der Waals surface area contributed by atoms with E-state index in [4.69, 9.17) is 4.74 Å². The van der Waals surface area contributed by atoms with Gasteiger partial charge in [0.05, 0.1) is 6.61 Å². The van der Waals surface area contributed by atoms with Crippen molar-refractivity contribution in [3.8, 4) is 11.5 Å². The van der Waals surface area contributed by atoms with Crippen molar-refractivity contribution in [1.82, 2.24) is 0 Å². The lowest BCUT2D eigenvalue weighted by Gasteiger charge is -2.09. The predicted octanol–water partition coefficient (Wildman–Crippen LogP) is 3.63. The molecule has 2 rings (SSSR count). The normalized spacial score (nSPS) is 10.3. The second-order valence-electron chi connectivity index (χ2n) is 4.53. The van der Waals surface area contributed by atoms with Crippen molar-refractivity contribution in [2.75, 3.05) is 6.61 Å². The van der Waals surface area contributed by atoms with Crippen molar-refractivity contribution in [3.05, 3.63) is 59.2 Å². The quantitative estimate of drug-likeness (QED) is 0.887. The van der Waals surface area contributed by atoms with E-state index >= 15 is 0 Å². The molecule has 0 saturated carbocycles. The molecule has 0 aliphatic carbocycles. The van der Waals surface area contributed by atoms with Gasteiger partial charge in [-0.1, -0.05) is 29.8 Å². The first-order valence-electron chi connectivity index (χ1n) is 6.13. The molecule has 0 atom stereocenters. The number of phenols is 1. The van der Waals surface area contributed by atoms with Crippen molar-refractivity contribution >= 4 is 0 Å². The average molecular weight is 242 g/mol. The third-order valence-electron chi connectivity index (χ3n) is 2.92. The van der Waals surface area contributed by atoms with Gasteiger partial charge in [0.2, 0.25) is 0 Å². The minimum absolute atomic E-state index is 0.300. The highest BCUT2D eigenvalue weighted by Crippen LogP contribution is 2.19. The molecule has 0 aliphatic heterocycles. The number of hydrogen-bond donors (Lipinski definition) is 1. The Morgan fingerprint density at radius 3 is 2.39 bits per heavy atom. The first kappa shape index (κ1) is 12.5. The van der Waals surface area contributed by atoms with Crippen LogP contribution in [-0.4, -0.2) is 11.7 Å². The van der Waals surface area contributed by atoms with Gasteiger partial charge in [0, 0.05) is 6.42 Å². The van der Waals surface area contributed by atoms with Gasteiger partial charge in [-0.05, 0) is 43.2 Å². The Labute approximate surface area is 108 Å². The van der Waals surface area contributed by atoms with Gasteiger partial charge in [-0.25, -0.2) is 0 Å². The zero-order chi connectivity index (χ0) is 13.0. The predicted molar refractivity (Wildman–Crippen MR) is 73.2 cm³/mol. The lowest BCUT2D eigenvalue weighted by atomic mass is 10.1. The van der Waals surface area contributed by atoms with Crippen LogP contribution < -0.4 is 4.74 Å². The summed E-state index contributed by atoms with van der Waals surface area (Å²) in [7, 11) is 0. The van der Waals surface area contributed by atoms with E-state index in [1.807, 2.05) is 18.2 Å². The minimum Gasteiger partial charge on any atom is -0.508 e. The molecule has 0 fully saturated rings. The lowest BCUT2D eigenvalue weighted by molar-refractivity contribution is 0.319. The number of aryl methyl sites for hydroxylation is 2. The number of rotatable bonds is 4. The molecule has 0 unspecified atom stereocenters. The van der Waals surface area contributed by atoms with Crippen LogP contribution in [0.15, 0.2) is 42.5 Å². The van der Waals surface area contributed by atoms with Gasteiger partial charge in [-0.15, -0.1) is 0 Å². The lowest BCUT2D eigenvalue weighted by Crippen LogP contribution is -2.02. The standard InChI is InChI=1S/C16H18O2/c1-12-3-8-16(13(2)11-12)18-10-9-14-4-6-15(17)7-5-14/h3-8,11,17H,9-10H2,1-2H3. The largest absolute Gasteiger partial charge is 0.508 e. The molecule has 94 valence electrons. The minimum atomic E-state index is 0.300. The summed E-state index contributed by atoms with van der Waals surface area (Å²) >= 11 is 0. The molecule has 0 amide bonds. The van der Waals surface area contributed by atoms with E-state index in [9.17, 15) is 5.11 Å². The molecule has 0 bridgehead atoms. The topological polar surface area (TPSA) is 29.5 Å². The summed E-state index contributed by atoms with van der Waals surface area (Å²) in [6.07, 6.45) is 0.841. The summed E-state index contributed by atoms with van der Waals surface area (Å²) in [6.45, 7) is 4.78. The number of aromatic hydroxyl groups is 1. The van der Waals surface area contributed by atoms with Crippen LogP contribution in [0.2, 0.25) is 0 Å². The molecule has 1 N–H and O–H groups in total. The van der Waals surface area contributed by atoms with Crippen molar-refractivity contribution in [2.45, 2.75) is 20.3 Å². The maximum absolute atomic E-state index is 9.19. The zero-order valence-corrected chi connectivity index (χ0v) is 10.8. The molecule has 0 heterocycles. The maximum atomic E-state index is 9.19. The molecule has 0 radical (unpaired) electrons. The Bertz CT molecular complexity index is 515. The SMILES string of the molecule is Cc1ccc(OCCc2ccc(O)cc2)c(C)c1. The van der Waals surface area contributed by atoms with Gasteiger partial charge >= 0.3 is 0 Å². The fourth-order valence-corrected chi connectivity index (χ4v) is 1.90. The Morgan fingerprint density at radius 2 is 1.72 bits per heavy atom. The van der Waals surface area contributed by atoms with Crippen molar-refractivity contribution in [2.24, 2.45) is 0 Å². The van der Waals surface area contributed by atoms with E-state index in [1.165, 1.54) is 11.1 Å².